The SMILES string of the molecule is CC(C)C[C@H](N)[C@](O)(CC1CC(NC(=O)[C@H]2CC[C@H](C)CC2)=CCN1)C(=O)O. The normalized spacial score (nSPS) is 28.9. The van der Waals surface area contributed by atoms with Crippen LogP contribution in [0.15, 0.2) is 11.8 Å². The van der Waals surface area contributed by atoms with Crippen LogP contribution in [0.3, 0.4) is 0 Å². The predicted molar refractivity (Wildman–Crippen MR) is 108 cm³/mol. The van der Waals surface area contributed by atoms with Crippen LogP contribution in [0.25, 0.3) is 0 Å². The van der Waals surface area contributed by atoms with E-state index in [2.05, 4.69) is 17.6 Å². The van der Waals surface area contributed by atoms with Crippen LogP contribution in [-0.4, -0.2) is 46.3 Å². The molecule has 7 heteroatoms. The van der Waals surface area contributed by atoms with Gasteiger partial charge in [0.15, 0.2) is 5.60 Å². The molecule has 1 aliphatic heterocycles. The number of hydrogen-bond donors (Lipinski definition) is 5. The number of hydrogen-bond acceptors (Lipinski definition) is 5. The zero-order valence-corrected chi connectivity index (χ0v) is 17.4. The lowest BCUT2D eigenvalue weighted by molar-refractivity contribution is -0.163. The lowest BCUT2D eigenvalue weighted by atomic mass is 9.81. The second-order valence-corrected chi connectivity index (χ2v) is 9.15. The van der Waals surface area contributed by atoms with Crippen molar-refractivity contribution in [1.82, 2.24) is 10.6 Å². The molecule has 0 saturated heterocycles. The van der Waals surface area contributed by atoms with E-state index in [0.29, 0.717) is 25.3 Å². The fourth-order valence-electron chi connectivity index (χ4n) is 4.27. The number of amides is 1. The quantitative estimate of drug-likeness (QED) is 0.426. The van der Waals surface area contributed by atoms with E-state index in [1.165, 1.54) is 0 Å². The van der Waals surface area contributed by atoms with Crippen LogP contribution in [-0.2, 0) is 9.59 Å². The second-order valence-electron chi connectivity index (χ2n) is 9.15. The van der Waals surface area contributed by atoms with Crippen molar-refractivity contribution in [2.45, 2.75) is 83.4 Å². The molecule has 2 rings (SSSR count). The first-order valence-corrected chi connectivity index (χ1v) is 10.6. The average Bonchev–Trinajstić information content (AvgIpc) is 2.61. The average molecular weight is 396 g/mol. The van der Waals surface area contributed by atoms with Gasteiger partial charge in [-0.15, -0.1) is 0 Å². The molecular weight excluding hydrogens is 358 g/mol. The van der Waals surface area contributed by atoms with Gasteiger partial charge in [0, 0.05) is 43.1 Å². The summed E-state index contributed by atoms with van der Waals surface area (Å²) in [4.78, 5) is 24.3. The third-order valence-electron chi connectivity index (χ3n) is 6.16. The number of carbonyl (C=O) groups excluding carboxylic acids is 1. The van der Waals surface area contributed by atoms with Crippen molar-refractivity contribution in [3.63, 3.8) is 0 Å². The summed E-state index contributed by atoms with van der Waals surface area (Å²) in [5.74, 6) is -0.299. The van der Waals surface area contributed by atoms with Crippen molar-refractivity contribution in [2.24, 2.45) is 23.5 Å². The van der Waals surface area contributed by atoms with Crippen LogP contribution >= 0.6 is 0 Å². The van der Waals surface area contributed by atoms with Crippen LogP contribution in [0.5, 0.6) is 0 Å². The maximum absolute atomic E-state index is 12.6. The molecule has 1 heterocycles. The van der Waals surface area contributed by atoms with Crippen molar-refractivity contribution in [3.05, 3.63) is 11.8 Å². The van der Waals surface area contributed by atoms with E-state index in [-0.39, 0.29) is 30.2 Å². The Hall–Kier alpha value is -1.44. The van der Waals surface area contributed by atoms with Gasteiger partial charge in [-0.2, -0.15) is 0 Å². The summed E-state index contributed by atoms with van der Waals surface area (Å²) in [7, 11) is 0. The molecule has 1 saturated carbocycles. The molecule has 0 aromatic heterocycles. The number of aliphatic hydroxyl groups is 1. The van der Waals surface area contributed by atoms with E-state index in [1.807, 2.05) is 19.9 Å². The van der Waals surface area contributed by atoms with Gasteiger partial charge in [0.2, 0.25) is 5.91 Å². The molecule has 0 aromatic rings. The van der Waals surface area contributed by atoms with Crippen LogP contribution in [0.2, 0.25) is 0 Å². The summed E-state index contributed by atoms with van der Waals surface area (Å²) in [5.41, 5.74) is 4.86. The van der Waals surface area contributed by atoms with Gasteiger partial charge in [0.1, 0.15) is 0 Å². The standard InChI is InChI=1S/C21H37N3O4/c1-13(2)10-18(22)21(28,20(26)27)12-17-11-16(8-9-23-17)24-19(25)15-6-4-14(3)5-7-15/h8,13-15,17-18,23,28H,4-7,9-12,22H2,1-3H3,(H,24,25)(H,26,27)/t14-,15-,17?,18-,21+/m0/s1. The minimum Gasteiger partial charge on any atom is -0.479 e. The number of carboxylic acids is 1. The number of rotatable bonds is 8. The van der Waals surface area contributed by atoms with E-state index in [0.717, 1.165) is 31.4 Å². The van der Waals surface area contributed by atoms with Gasteiger partial charge in [-0.25, -0.2) is 4.79 Å². The highest BCUT2D eigenvalue weighted by molar-refractivity contribution is 5.80. The minimum atomic E-state index is -1.99. The largest absolute Gasteiger partial charge is 0.479 e. The number of nitrogens with one attached hydrogen (secondary N) is 2. The first kappa shape index (κ1) is 22.8. The molecule has 160 valence electrons. The Balaban J connectivity index is 1.94. The summed E-state index contributed by atoms with van der Waals surface area (Å²) in [5, 5.41) is 26.6. The van der Waals surface area contributed by atoms with Gasteiger partial charge in [-0.05, 0) is 43.9 Å². The maximum Gasteiger partial charge on any atom is 0.337 e. The fourth-order valence-corrected chi connectivity index (χ4v) is 4.27. The molecule has 0 aromatic carbocycles. The summed E-state index contributed by atoms with van der Waals surface area (Å²) >= 11 is 0. The highest BCUT2D eigenvalue weighted by Crippen LogP contribution is 2.29. The van der Waals surface area contributed by atoms with Gasteiger partial charge in [0.25, 0.3) is 0 Å². The van der Waals surface area contributed by atoms with Crippen molar-refractivity contribution in [2.75, 3.05) is 6.54 Å². The van der Waals surface area contributed by atoms with Crippen LogP contribution in [0.4, 0.5) is 0 Å². The lowest BCUT2D eigenvalue weighted by Gasteiger charge is -2.36. The molecule has 2 aliphatic rings. The van der Waals surface area contributed by atoms with E-state index >= 15 is 0 Å². The molecule has 1 aliphatic carbocycles. The van der Waals surface area contributed by atoms with Crippen molar-refractivity contribution >= 4 is 11.9 Å². The van der Waals surface area contributed by atoms with Crippen LogP contribution < -0.4 is 16.4 Å². The molecule has 3 atom stereocenters. The zero-order valence-electron chi connectivity index (χ0n) is 17.4. The molecule has 1 unspecified atom stereocenters. The topological polar surface area (TPSA) is 125 Å². The first-order valence-electron chi connectivity index (χ1n) is 10.6. The highest BCUT2D eigenvalue weighted by atomic mass is 16.4. The molecule has 6 N–H and O–H groups in total. The number of aliphatic carboxylic acids is 1. The first-order chi connectivity index (χ1) is 13.1. The molecule has 1 amide bonds. The zero-order chi connectivity index (χ0) is 20.9. The molecule has 28 heavy (non-hydrogen) atoms. The molecule has 0 spiro atoms. The Labute approximate surface area is 168 Å². The molecule has 7 nitrogen and oxygen atoms in total. The smallest absolute Gasteiger partial charge is 0.337 e. The van der Waals surface area contributed by atoms with Gasteiger partial charge in [-0.1, -0.05) is 26.8 Å². The maximum atomic E-state index is 12.6. The van der Waals surface area contributed by atoms with E-state index in [4.69, 9.17) is 5.73 Å². The van der Waals surface area contributed by atoms with Crippen molar-refractivity contribution in [1.29, 1.82) is 0 Å². The third-order valence-corrected chi connectivity index (χ3v) is 6.16. The third kappa shape index (κ3) is 6.03. The second kappa shape index (κ2) is 9.85. The van der Waals surface area contributed by atoms with Gasteiger partial charge < -0.3 is 26.6 Å². The summed E-state index contributed by atoms with van der Waals surface area (Å²) < 4.78 is 0. The van der Waals surface area contributed by atoms with Crippen molar-refractivity contribution in [3.8, 4) is 0 Å². The number of carboxylic acid groups (broad SMARTS) is 1. The minimum absolute atomic E-state index is 0.00434. The van der Waals surface area contributed by atoms with Crippen LogP contribution in [0, 0.1) is 17.8 Å². The molecule has 1 fully saturated rings. The Morgan fingerprint density at radius 3 is 2.54 bits per heavy atom. The predicted octanol–water partition coefficient (Wildman–Crippen LogP) is 1.75. The number of carbonyl (C=O) groups is 2. The van der Waals surface area contributed by atoms with E-state index in [1.54, 1.807) is 0 Å². The Morgan fingerprint density at radius 1 is 1.32 bits per heavy atom. The summed E-state index contributed by atoms with van der Waals surface area (Å²) in [6.07, 6.45) is 6.84. The Bertz CT molecular complexity index is 584. The molecule has 0 bridgehead atoms. The fraction of sp³-hybridized carbons (Fsp3) is 0.810. The van der Waals surface area contributed by atoms with E-state index in [9.17, 15) is 19.8 Å². The van der Waals surface area contributed by atoms with Gasteiger partial charge >= 0.3 is 5.97 Å². The number of nitrogens with two attached hydrogens (primary N) is 1. The van der Waals surface area contributed by atoms with Crippen LogP contribution in [0.1, 0.15) is 65.7 Å². The Kier molecular flexibility index (Phi) is 8.04. The monoisotopic (exact) mass is 395 g/mol. The molecular formula is C21H37N3O4. The van der Waals surface area contributed by atoms with Gasteiger partial charge in [-0.3, -0.25) is 4.79 Å². The molecule has 0 radical (unpaired) electrons. The van der Waals surface area contributed by atoms with Gasteiger partial charge in [0.05, 0.1) is 0 Å². The lowest BCUT2D eigenvalue weighted by Crippen LogP contribution is -2.58. The Morgan fingerprint density at radius 2 is 1.96 bits per heavy atom. The van der Waals surface area contributed by atoms with Crippen molar-refractivity contribution < 1.29 is 19.8 Å². The van der Waals surface area contributed by atoms with E-state index < -0.39 is 17.6 Å². The summed E-state index contributed by atoms with van der Waals surface area (Å²) in [6.45, 7) is 6.64. The highest BCUT2D eigenvalue weighted by Gasteiger charge is 2.44. The summed E-state index contributed by atoms with van der Waals surface area (Å²) in [6, 6.07) is -1.11.